The second kappa shape index (κ2) is 7.83. The van der Waals surface area contributed by atoms with Crippen LogP contribution in [-0.2, 0) is 11.3 Å². The molecule has 0 fully saturated rings. The molecule has 6 nitrogen and oxygen atoms in total. The van der Waals surface area contributed by atoms with Gasteiger partial charge in [-0.05, 0) is 19.9 Å². The zero-order valence-corrected chi connectivity index (χ0v) is 14.3. The summed E-state index contributed by atoms with van der Waals surface area (Å²) < 4.78 is 0. The van der Waals surface area contributed by atoms with Crippen LogP contribution < -0.4 is 5.32 Å². The Morgan fingerprint density at radius 2 is 1.92 bits per heavy atom. The quantitative estimate of drug-likeness (QED) is 0.471. The Morgan fingerprint density at radius 3 is 2.54 bits per heavy atom. The molecule has 0 aliphatic carbocycles. The molecular weight excluding hydrogens is 328 g/mol. The predicted octanol–water partition coefficient (Wildman–Crippen LogP) is 3.55. The van der Waals surface area contributed by atoms with Crippen LogP contribution in [0.15, 0.2) is 30.3 Å². The molecule has 1 amide bonds. The van der Waals surface area contributed by atoms with Crippen molar-refractivity contribution in [1.82, 2.24) is 5.32 Å². The van der Waals surface area contributed by atoms with Gasteiger partial charge in [0.25, 0.3) is 5.69 Å². The molecule has 0 atom stereocenters. The topological polar surface area (TPSA) is 89.3 Å². The van der Waals surface area contributed by atoms with Crippen molar-refractivity contribution in [2.75, 3.05) is 0 Å². The van der Waals surface area contributed by atoms with Gasteiger partial charge in [0.2, 0.25) is 5.91 Å². The number of rotatable bonds is 7. The first-order chi connectivity index (χ1) is 11.4. The highest BCUT2D eigenvalue weighted by Crippen LogP contribution is 2.22. The fourth-order valence-electron chi connectivity index (χ4n) is 2.39. The Balaban J connectivity index is 1.87. The molecule has 0 bridgehead atoms. The standard InChI is InChI=1S/C17H18N2O4S/c1-11-9-14(12(2)24-11)16(20)7-8-17(21)18-10-13-5-3-4-6-15(13)19(22)23/h3-6,9H,7-8,10H2,1-2H3,(H,18,21). The van der Waals surface area contributed by atoms with E-state index in [4.69, 9.17) is 0 Å². The Labute approximate surface area is 143 Å². The maximum absolute atomic E-state index is 12.1. The van der Waals surface area contributed by atoms with E-state index in [0.29, 0.717) is 11.1 Å². The van der Waals surface area contributed by atoms with E-state index >= 15 is 0 Å². The Hall–Kier alpha value is -2.54. The molecule has 0 aliphatic rings. The number of thiophene rings is 1. The Morgan fingerprint density at radius 1 is 1.21 bits per heavy atom. The third-order valence-electron chi connectivity index (χ3n) is 3.58. The second-order valence-electron chi connectivity index (χ2n) is 5.41. The van der Waals surface area contributed by atoms with Crippen molar-refractivity contribution in [2.45, 2.75) is 33.2 Å². The summed E-state index contributed by atoms with van der Waals surface area (Å²) in [5.41, 5.74) is 1.08. The van der Waals surface area contributed by atoms with Crippen LogP contribution in [-0.4, -0.2) is 16.6 Å². The molecule has 0 radical (unpaired) electrons. The molecule has 1 N–H and O–H groups in total. The van der Waals surface area contributed by atoms with Crippen molar-refractivity contribution < 1.29 is 14.5 Å². The van der Waals surface area contributed by atoms with Crippen LogP contribution in [0.1, 0.15) is 38.5 Å². The van der Waals surface area contributed by atoms with Gasteiger partial charge in [-0.1, -0.05) is 18.2 Å². The summed E-state index contributed by atoms with van der Waals surface area (Å²) in [5, 5.41) is 13.5. The summed E-state index contributed by atoms with van der Waals surface area (Å²) in [6.45, 7) is 3.90. The minimum atomic E-state index is -0.479. The molecule has 126 valence electrons. The van der Waals surface area contributed by atoms with Crippen molar-refractivity contribution in [1.29, 1.82) is 0 Å². The zero-order valence-electron chi connectivity index (χ0n) is 13.5. The molecule has 0 unspecified atom stereocenters. The van der Waals surface area contributed by atoms with Crippen molar-refractivity contribution in [3.05, 3.63) is 61.3 Å². The molecule has 1 heterocycles. The smallest absolute Gasteiger partial charge is 0.274 e. The summed E-state index contributed by atoms with van der Waals surface area (Å²) >= 11 is 1.56. The summed E-state index contributed by atoms with van der Waals surface area (Å²) in [6, 6.07) is 8.09. The van der Waals surface area contributed by atoms with Crippen molar-refractivity contribution >= 4 is 28.7 Å². The number of ketones is 1. The third kappa shape index (κ3) is 4.48. The average molecular weight is 346 g/mol. The number of aryl methyl sites for hydroxylation is 2. The number of Topliss-reactive ketones (excluding diaryl/α,β-unsaturated/α-hetero) is 1. The van der Waals surface area contributed by atoms with Crippen LogP contribution in [0.3, 0.4) is 0 Å². The van der Waals surface area contributed by atoms with Gasteiger partial charge in [0.1, 0.15) is 0 Å². The van der Waals surface area contributed by atoms with E-state index in [1.54, 1.807) is 29.5 Å². The van der Waals surface area contributed by atoms with Crippen LogP contribution in [0.2, 0.25) is 0 Å². The van der Waals surface area contributed by atoms with Crippen LogP contribution >= 0.6 is 11.3 Å². The molecule has 2 aromatic rings. The number of nitro benzene ring substituents is 1. The first-order valence-corrected chi connectivity index (χ1v) is 8.29. The number of amides is 1. The molecular formula is C17H18N2O4S. The number of hydrogen-bond donors (Lipinski definition) is 1. The van der Waals surface area contributed by atoms with Gasteiger partial charge >= 0.3 is 0 Å². The number of carbonyl (C=O) groups is 2. The lowest BCUT2D eigenvalue weighted by Gasteiger charge is -2.06. The number of nitro groups is 1. The van der Waals surface area contributed by atoms with Gasteiger partial charge in [-0.3, -0.25) is 19.7 Å². The number of benzene rings is 1. The number of nitrogens with one attached hydrogen (secondary N) is 1. The third-order valence-corrected chi connectivity index (χ3v) is 4.55. The molecule has 0 saturated carbocycles. The molecule has 24 heavy (non-hydrogen) atoms. The largest absolute Gasteiger partial charge is 0.352 e. The van der Waals surface area contributed by atoms with E-state index in [1.165, 1.54) is 6.07 Å². The minimum Gasteiger partial charge on any atom is -0.352 e. The van der Waals surface area contributed by atoms with Crippen LogP contribution in [0.4, 0.5) is 5.69 Å². The lowest BCUT2D eigenvalue weighted by molar-refractivity contribution is -0.385. The molecule has 1 aromatic carbocycles. The summed E-state index contributed by atoms with van der Waals surface area (Å²) in [6.07, 6.45) is 0.188. The fourth-order valence-corrected chi connectivity index (χ4v) is 3.33. The van der Waals surface area contributed by atoms with Crippen LogP contribution in [0.25, 0.3) is 0 Å². The molecule has 7 heteroatoms. The van der Waals surface area contributed by atoms with Gasteiger partial charge in [0, 0.05) is 46.3 Å². The molecule has 2 rings (SSSR count). The normalized spacial score (nSPS) is 10.4. The SMILES string of the molecule is Cc1cc(C(=O)CCC(=O)NCc2ccccc2[N+](=O)[O-])c(C)s1. The van der Waals surface area contributed by atoms with E-state index < -0.39 is 4.92 Å². The second-order valence-corrected chi connectivity index (χ2v) is 6.87. The lowest BCUT2D eigenvalue weighted by Crippen LogP contribution is -2.23. The summed E-state index contributed by atoms with van der Waals surface area (Å²) in [5.74, 6) is -0.358. The highest BCUT2D eigenvalue weighted by Gasteiger charge is 2.15. The van der Waals surface area contributed by atoms with E-state index in [1.807, 2.05) is 19.9 Å². The fraction of sp³-hybridized carbons (Fsp3) is 0.294. The summed E-state index contributed by atoms with van der Waals surface area (Å²) in [7, 11) is 0. The van der Waals surface area contributed by atoms with E-state index in [2.05, 4.69) is 5.32 Å². The number of hydrogen-bond acceptors (Lipinski definition) is 5. The lowest BCUT2D eigenvalue weighted by atomic mass is 10.1. The van der Waals surface area contributed by atoms with Crippen molar-refractivity contribution in [3.8, 4) is 0 Å². The molecule has 0 saturated heterocycles. The Bertz CT molecular complexity index is 783. The van der Waals surface area contributed by atoms with Gasteiger partial charge < -0.3 is 5.32 Å². The van der Waals surface area contributed by atoms with Crippen LogP contribution in [0, 0.1) is 24.0 Å². The highest BCUT2D eigenvalue weighted by atomic mass is 32.1. The van der Waals surface area contributed by atoms with Gasteiger partial charge in [-0.15, -0.1) is 11.3 Å². The maximum Gasteiger partial charge on any atom is 0.274 e. The molecule has 1 aromatic heterocycles. The molecule has 0 spiro atoms. The van der Waals surface area contributed by atoms with Gasteiger partial charge in [-0.25, -0.2) is 0 Å². The van der Waals surface area contributed by atoms with E-state index in [-0.39, 0.29) is 36.8 Å². The molecule has 0 aliphatic heterocycles. The number of carbonyl (C=O) groups excluding carboxylic acids is 2. The summed E-state index contributed by atoms with van der Waals surface area (Å²) in [4.78, 5) is 36.5. The van der Waals surface area contributed by atoms with Crippen LogP contribution in [0.5, 0.6) is 0 Å². The van der Waals surface area contributed by atoms with Crippen molar-refractivity contribution in [3.63, 3.8) is 0 Å². The number of para-hydroxylation sites is 1. The highest BCUT2D eigenvalue weighted by molar-refractivity contribution is 7.12. The van der Waals surface area contributed by atoms with Crippen molar-refractivity contribution in [2.24, 2.45) is 0 Å². The van der Waals surface area contributed by atoms with Gasteiger partial charge in [0.05, 0.1) is 4.92 Å². The maximum atomic E-state index is 12.1. The van der Waals surface area contributed by atoms with Gasteiger partial charge in [-0.2, -0.15) is 0 Å². The van der Waals surface area contributed by atoms with E-state index in [9.17, 15) is 19.7 Å². The minimum absolute atomic E-state index is 0.0294. The zero-order chi connectivity index (χ0) is 17.7. The van der Waals surface area contributed by atoms with Gasteiger partial charge in [0.15, 0.2) is 5.78 Å². The predicted molar refractivity (Wildman–Crippen MR) is 92.3 cm³/mol. The monoisotopic (exact) mass is 346 g/mol. The first-order valence-electron chi connectivity index (χ1n) is 7.47. The Kier molecular flexibility index (Phi) is 5.81. The van der Waals surface area contributed by atoms with E-state index in [0.717, 1.165) is 9.75 Å². The first kappa shape index (κ1) is 17.8. The average Bonchev–Trinajstić information content (AvgIpc) is 2.89. The number of nitrogens with zero attached hydrogens (tertiary/aromatic N) is 1.